The van der Waals surface area contributed by atoms with Crippen LogP contribution < -0.4 is 0 Å². The van der Waals surface area contributed by atoms with Crippen LogP contribution in [-0.2, 0) is 10.0 Å². The molecule has 0 radical (unpaired) electrons. The van der Waals surface area contributed by atoms with Crippen molar-refractivity contribution < 1.29 is 13.3 Å². The number of benzene rings is 1. The highest BCUT2D eigenvalue weighted by molar-refractivity contribution is 7.89. The third-order valence-corrected chi connectivity index (χ3v) is 7.45. The Kier molecular flexibility index (Phi) is 13.6. The van der Waals surface area contributed by atoms with E-state index in [1.807, 2.05) is 0 Å². The summed E-state index contributed by atoms with van der Waals surface area (Å²) in [5.41, 5.74) is -0.108. The van der Waals surface area contributed by atoms with E-state index in [0.717, 1.165) is 19.3 Å². The fourth-order valence-electron chi connectivity index (χ4n) is 3.57. The minimum absolute atomic E-state index is 0.0981. The third kappa shape index (κ3) is 10.5. The molecule has 7 heteroatoms. The highest BCUT2D eigenvalue weighted by atomic mass is 32.2. The van der Waals surface area contributed by atoms with E-state index in [-0.39, 0.29) is 10.6 Å². The van der Waals surface area contributed by atoms with E-state index in [0.29, 0.717) is 6.54 Å². The molecule has 0 aliphatic rings. The molecule has 172 valence electrons. The Morgan fingerprint density at radius 3 is 1.57 bits per heavy atom. The number of nitro benzene ring substituents is 1. The molecule has 0 aliphatic heterocycles. The van der Waals surface area contributed by atoms with E-state index in [9.17, 15) is 18.5 Å². The van der Waals surface area contributed by atoms with Gasteiger partial charge in [-0.05, 0) is 18.6 Å². The van der Waals surface area contributed by atoms with Crippen LogP contribution in [0.5, 0.6) is 0 Å². The number of nitro groups is 1. The molecule has 0 fully saturated rings. The second-order valence-electron chi connectivity index (χ2n) is 8.17. The zero-order valence-electron chi connectivity index (χ0n) is 18.9. The Morgan fingerprint density at radius 2 is 1.17 bits per heavy atom. The lowest BCUT2D eigenvalue weighted by molar-refractivity contribution is -0.384. The van der Waals surface area contributed by atoms with Gasteiger partial charge < -0.3 is 0 Å². The molecule has 0 aliphatic carbocycles. The maximum atomic E-state index is 12.5. The monoisotopic (exact) mass is 440 g/mol. The number of hydrogen-bond donors (Lipinski definition) is 0. The first-order chi connectivity index (χ1) is 14.4. The van der Waals surface area contributed by atoms with E-state index >= 15 is 0 Å². The van der Waals surface area contributed by atoms with Crippen LogP contribution in [0.4, 0.5) is 5.69 Å². The summed E-state index contributed by atoms with van der Waals surface area (Å²) in [6.07, 6.45) is 17.7. The summed E-state index contributed by atoms with van der Waals surface area (Å²) in [7, 11) is -2.02. The Bertz CT molecular complexity index is 690. The summed E-state index contributed by atoms with van der Waals surface area (Å²) >= 11 is 0. The fourth-order valence-corrected chi connectivity index (χ4v) is 4.78. The lowest BCUT2D eigenvalue weighted by Crippen LogP contribution is -2.27. The molecule has 0 N–H and O–H groups in total. The van der Waals surface area contributed by atoms with Gasteiger partial charge in [-0.15, -0.1) is 0 Å². The SMILES string of the molecule is CCCCCCCCCCCCCCCCN(C)S(=O)(=O)c1ccc([N+](=O)[O-])cc1. The first-order valence-electron chi connectivity index (χ1n) is 11.6. The van der Waals surface area contributed by atoms with Gasteiger partial charge in [-0.25, -0.2) is 12.7 Å². The summed E-state index contributed by atoms with van der Waals surface area (Å²) in [6.45, 7) is 2.72. The van der Waals surface area contributed by atoms with Crippen molar-refractivity contribution in [2.24, 2.45) is 0 Å². The molecule has 0 aromatic heterocycles. The van der Waals surface area contributed by atoms with Gasteiger partial charge in [-0.1, -0.05) is 90.4 Å². The highest BCUT2D eigenvalue weighted by Crippen LogP contribution is 2.19. The molecule has 0 unspecified atom stereocenters. The van der Waals surface area contributed by atoms with Crippen LogP contribution in [0.15, 0.2) is 29.2 Å². The standard InChI is InChI=1S/C23H40N2O4S/c1-3-4-5-6-7-8-9-10-11-12-13-14-15-16-21-24(2)30(28,29)23-19-17-22(18-20-23)25(26)27/h17-20H,3-16,21H2,1-2H3. The van der Waals surface area contributed by atoms with Crippen LogP contribution in [0.3, 0.4) is 0 Å². The van der Waals surface area contributed by atoms with Crippen molar-refractivity contribution in [3.05, 3.63) is 34.4 Å². The molecule has 0 amide bonds. The van der Waals surface area contributed by atoms with Crippen LogP contribution in [0.25, 0.3) is 0 Å². The Labute approximate surface area is 183 Å². The smallest absolute Gasteiger partial charge is 0.258 e. The summed E-state index contributed by atoms with van der Waals surface area (Å²) in [6, 6.07) is 5.06. The van der Waals surface area contributed by atoms with E-state index in [2.05, 4.69) is 6.92 Å². The summed E-state index contributed by atoms with van der Waals surface area (Å²) < 4.78 is 26.4. The number of nitrogens with zero attached hydrogens (tertiary/aromatic N) is 2. The maximum Gasteiger partial charge on any atom is 0.269 e. The first kappa shape index (κ1) is 26.6. The molecular formula is C23H40N2O4S. The van der Waals surface area contributed by atoms with E-state index in [1.165, 1.54) is 99.2 Å². The predicted molar refractivity (Wildman–Crippen MR) is 123 cm³/mol. The largest absolute Gasteiger partial charge is 0.269 e. The van der Waals surface area contributed by atoms with Gasteiger partial charge in [0.2, 0.25) is 10.0 Å². The van der Waals surface area contributed by atoms with Gasteiger partial charge in [0.05, 0.1) is 9.82 Å². The van der Waals surface area contributed by atoms with Gasteiger partial charge in [-0.3, -0.25) is 10.1 Å². The van der Waals surface area contributed by atoms with E-state index in [4.69, 9.17) is 0 Å². The lowest BCUT2D eigenvalue weighted by Gasteiger charge is -2.17. The predicted octanol–water partition coefficient (Wildman–Crippen LogP) is 6.70. The van der Waals surface area contributed by atoms with Crippen molar-refractivity contribution in [3.63, 3.8) is 0 Å². The van der Waals surface area contributed by atoms with Gasteiger partial charge in [0.15, 0.2) is 0 Å². The topological polar surface area (TPSA) is 80.5 Å². The van der Waals surface area contributed by atoms with Gasteiger partial charge in [0, 0.05) is 25.7 Å². The van der Waals surface area contributed by atoms with Crippen LogP contribution in [0, 0.1) is 10.1 Å². The number of sulfonamides is 1. The molecule has 0 heterocycles. The number of rotatable bonds is 18. The first-order valence-corrected chi connectivity index (χ1v) is 13.0. The lowest BCUT2D eigenvalue weighted by atomic mass is 10.0. The van der Waals surface area contributed by atoms with Crippen molar-refractivity contribution in [2.75, 3.05) is 13.6 Å². The van der Waals surface area contributed by atoms with Crippen LogP contribution >= 0.6 is 0 Å². The highest BCUT2D eigenvalue weighted by Gasteiger charge is 2.21. The molecular weight excluding hydrogens is 400 g/mol. The number of hydrogen-bond acceptors (Lipinski definition) is 4. The molecule has 0 spiro atoms. The molecule has 1 aromatic rings. The average molecular weight is 441 g/mol. The number of unbranched alkanes of at least 4 members (excludes halogenated alkanes) is 13. The maximum absolute atomic E-state index is 12.5. The van der Waals surface area contributed by atoms with E-state index in [1.54, 1.807) is 7.05 Å². The van der Waals surface area contributed by atoms with Gasteiger partial charge >= 0.3 is 0 Å². The average Bonchev–Trinajstić information content (AvgIpc) is 2.73. The Morgan fingerprint density at radius 1 is 0.767 bits per heavy atom. The van der Waals surface area contributed by atoms with Crippen molar-refractivity contribution in [1.82, 2.24) is 4.31 Å². The fraction of sp³-hybridized carbons (Fsp3) is 0.739. The quantitative estimate of drug-likeness (QED) is 0.144. The second-order valence-corrected chi connectivity index (χ2v) is 10.2. The van der Waals surface area contributed by atoms with Crippen molar-refractivity contribution >= 4 is 15.7 Å². The molecule has 6 nitrogen and oxygen atoms in total. The molecule has 1 aromatic carbocycles. The Balaban J connectivity index is 2.08. The summed E-state index contributed by atoms with van der Waals surface area (Å²) in [5, 5.41) is 10.7. The molecule has 0 bridgehead atoms. The molecule has 1 rings (SSSR count). The zero-order chi connectivity index (χ0) is 22.2. The van der Waals surface area contributed by atoms with E-state index < -0.39 is 14.9 Å². The third-order valence-electron chi connectivity index (χ3n) is 5.58. The summed E-state index contributed by atoms with van der Waals surface area (Å²) in [4.78, 5) is 10.3. The molecule has 30 heavy (non-hydrogen) atoms. The Hall–Kier alpha value is -1.47. The number of non-ortho nitro benzene ring substituents is 1. The second kappa shape index (κ2) is 15.3. The van der Waals surface area contributed by atoms with Crippen LogP contribution in [-0.4, -0.2) is 31.2 Å². The van der Waals surface area contributed by atoms with Gasteiger partial charge in [0.25, 0.3) is 5.69 Å². The minimum atomic E-state index is -3.59. The normalized spacial score (nSPS) is 11.8. The van der Waals surface area contributed by atoms with Crippen LogP contribution in [0.2, 0.25) is 0 Å². The van der Waals surface area contributed by atoms with Crippen molar-refractivity contribution in [3.8, 4) is 0 Å². The molecule has 0 saturated carbocycles. The van der Waals surface area contributed by atoms with Gasteiger partial charge in [0.1, 0.15) is 0 Å². The van der Waals surface area contributed by atoms with Gasteiger partial charge in [-0.2, -0.15) is 0 Å². The molecule has 0 atom stereocenters. The molecule has 0 saturated heterocycles. The van der Waals surface area contributed by atoms with Crippen LogP contribution in [0.1, 0.15) is 96.8 Å². The zero-order valence-corrected chi connectivity index (χ0v) is 19.7. The summed E-state index contributed by atoms with van der Waals surface area (Å²) in [5.74, 6) is 0. The minimum Gasteiger partial charge on any atom is -0.258 e. The van der Waals surface area contributed by atoms with Crippen molar-refractivity contribution in [1.29, 1.82) is 0 Å². The van der Waals surface area contributed by atoms with Crippen molar-refractivity contribution in [2.45, 2.75) is 102 Å².